The Hall–Kier alpha value is -5.08. The van der Waals surface area contributed by atoms with Gasteiger partial charge in [-0.2, -0.15) is 13.2 Å². The Morgan fingerprint density at radius 1 is 0.889 bits per heavy atom. The molecule has 3 heterocycles. The molecule has 2 N–H and O–H groups in total. The minimum atomic E-state index is -4.75. The van der Waals surface area contributed by atoms with Crippen LogP contribution >= 0.6 is 23.1 Å². The van der Waals surface area contributed by atoms with Gasteiger partial charge in [0.2, 0.25) is 11.8 Å². The number of hydrogen-bond acceptors (Lipinski definition) is 8. The molecule has 4 aliphatic rings. The summed E-state index contributed by atoms with van der Waals surface area (Å²) < 4.78 is 54.2. The Bertz CT molecular complexity index is 2410. The van der Waals surface area contributed by atoms with Gasteiger partial charge in [-0.25, -0.2) is 4.90 Å². The first-order valence-electron chi connectivity index (χ1n) is 17.6. The van der Waals surface area contributed by atoms with Crippen LogP contribution in [-0.2, 0) is 20.6 Å². The molecule has 1 aromatic heterocycles. The second-order valence-corrected chi connectivity index (χ2v) is 16.2. The van der Waals surface area contributed by atoms with Crippen molar-refractivity contribution in [3.8, 4) is 11.5 Å². The van der Waals surface area contributed by atoms with Gasteiger partial charge in [0.05, 0.1) is 34.7 Å². The predicted octanol–water partition coefficient (Wildman–Crippen LogP) is 7.70. The summed E-state index contributed by atoms with van der Waals surface area (Å²) in [4.78, 5) is 58.1. The Morgan fingerprint density at radius 3 is 2.41 bits per heavy atom. The summed E-state index contributed by atoms with van der Waals surface area (Å²) in [6, 6.07) is 23.6. The number of thiazole rings is 1. The van der Waals surface area contributed by atoms with Gasteiger partial charge in [0.15, 0.2) is 18.1 Å². The Morgan fingerprint density at radius 2 is 1.63 bits per heavy atom. The molecule has 4 aromatic carbocycles. The molecule has 2 saturated carbocycles. The summed E-state index contributed by atoms with van der Waals surface area (Å²) >= 11 is 2.58. The summed E-state index contributed by atoms with van der Waals surface area (Å²) in [5.41, 5.74) is -0.0250. The van der Waals surface area contributed by atoms with E-state index < -0.39 is 41.1 Å². The number of imide groups is 1. The van der Waals surface area contributed by atoms with Crippen LogP contribution in [0.4, 0.5) is 24.5 Å². The first kappa shape index (κ1) is 34.7. The number of nitrogens with one attached hydrogen (secondary N) is 2. The van der Waals surface area contributed by atoms with Crippen LogP contribution in [0.5, 0.6) is 11.5 Å². The van der Waals surface area contributed by atoms with Gasteiger partial charge in [0.25, 0.3) is 5.91 Å². The van der Waals surface area contributed by atoms with E-state index in [1.165, 1.54) is 30.0 Å². The van der Waals surface area contributed by atoms with Crippen molar-refractivity contribution in [2.24, 2.45) is 29.6 Å². The van der Waals surface area contributed by atoms with Crippen molar-refractivity contribution in [1.82, 2.24) is 4.98 Å². The van der Waals surface area contributed by atoms with Crippen LogP contribution in [0, 0.1) is 29.6 Å². The summed E-state index contributed by atoms with van der Waals surface area (Å²) in [7, 11) is 0. The molecule has 3 amide bonds. The van der Waals surface area contributed by atoms with Crippen LogP contribution in [0.25, 0.3) is 10.8 Å². The maximum absolute atomic E-state index is 14.1. The van der Waals surface area contributed by atoms with E-state index in [0.717, 1.165) is 43.5 Å². The highest BCUT2D eigenvalue weighted by Gasteiger charge is 2.70. The number of anilines is 2. The summed E-state index contributed by atoms with van der Waals surface area (Å²) in [6.07, 6.45) is -4.18. The topological polar surface area (TPSA) is 118 Å². The number of H-pyrrole nitrogens is 1. The highest BCUT2D eigenvalue weighted by molar-refractivity contribution is 8.00. The first-order chi connectivity index (χ1) is 26.0. The van der Waals surface area contributed by atoms with Gasteiger partial charge in [0.1, 0.15) is 0 Å². The van der Waals surface area contributed by atoms with Crippen LogP contribution in [0.1, 0.15) is 35.3 Å². The van der Waals surface area contributed by atoms with Crippen molar-refractivity contribution in [3.63, 3.8) is 0 Å². The summed E-state index contributed by atoms with van der Waals surface area (Å²) in [5.74, 6) is -3.48. The van der Waals surface area contributed by atoms with Crippen molar-refractivity contribution in [1.29, 1.82) is 0 Å². The molecule has 0 unspecified atom stereocenters. The quantitative estimate of drug-likeness (QED) is 0.155. The molecule has 1 saturated heterocycles. The van der Waals surface area contributed by atoms with Crippen molar-refractivity contribution in [2.45, 2.75) is 35.7 Å². The third-order valence-electron chi connectivity index (χ3n) is 11.2. The largest absolute Gasteiger partial charge is 0.490 e. The Labute approximate surface area is 314 Å². The second-order valence-electron chi connectivity index (χ2n) is 14.0. The number of thioether (sulfide) groups is 1. The molecule has 0 spiro atoms. The summed E-state index contributed by atoms with van der Waals surface area (Å²) in [5, 5.41) is 5.44. The fourth-order valence-electron chi connectivity index (χ4n) is 9.25. The van der Waals surface area contributed by atoms with Crippen LogP contribution in [0.3, 0.4) is 0 Å². The zero-order valence-electron chi connectivity index (χ0n) is 28.6. The van der Waals surface area contributed by atoms with E-state index in [2.05, 4.69) is 10.3 Å². The number of nitrogens with zero attached hydrogens (tertiary/aromatic N) is 1. The molecule has 9 nitrogen and oxygen atoms in total. The number of carbonyl (C=O) groups is 3. The molecule has 3 fully saturated rings. The van der Waals surface area contributed by atoms with Crippen molar-refractivity contribution in [3.05, 3.63) is 111 Å². The molecule has 5 aromatic rings. The van der Waals surface area contributed by atoms with E-state index >= 15 is 0 Å². The Kier molecular flexibility index (Phi) is 8.38. The van der Waals surface area contributed by atoms with Crippen molar-refractivity contribution >= 4 is 63.0 Å². The smallest absolute Gasteiger partial charge is 0.418 e. The van der Waals surface area contributed by atoms with Gasteiger partial charge in [-0.1, -0.05) is 59.9 Å². The number of para-hydroxylation sites is 1. The number of alkyl halides is 3. The van der Waals surface area contributed by atoms with E-state index in [1.807, 2.05) is 61.5 Å². The average Bonchev–Trinajstić information content (AvgIpc) is 3.89. The van der Waals surface area contributed by atoms with E-state index in [4.69, 9.17) is 9.47 Å². The third-order valence-corrected chi connectivity index (χ3v) is 13.8. The highest BCUT2D eigenvalue weighted by atomic mass is 32.2. The minimum Gasteiger partial charge on any atom is -0.490 e. The SMILES string of the molecule is CCOc1cc([C@@H]2c3sc(=O)[nH]c3S[C@@H]3[C@@H]4C[C@@H]([C@@H]5C(=O)N(c6ccccc6C(F)(F)F)C(=O)[C@@H]45)[C@H]23)ccc1OCC(=O)Nc1ccc2ccccc2c1. The highest BCUT2D eigenvalue weighted by Crippen LogP contribution is 2.69. The monoisotopic (exact) mass is 771 g/mol. The molecular formula is C40H32F3N3O6S2. The maximum Gasteiger partial charge on any atom is 0.418 e. The average molecular weight is 772 g/mol. The van der Waals surface area contributed by atoms with Gasteiger partial charge < -0.3 is 19.8 Å². The number of carbonyl (C=O) groups excluding carboxylic acids is 3. The fraction of sp³-hybridized carbons (Fsp3) is 0.300. The molecule has 2 aliphatic carbocycles. The standard InChI is InChI=1S/C40H32F3N3O6S2/c1-2-51-28-16-21(12-14-27(28)52-18-29(47)44-22-13-11-19-7-3-4-8-20(19)15-22)30-31-23-17-24(34(31)53-36-35(30)54-39(50)45-36)33-32(23)37(48)46(38(33)49)26-10-6-5-9-25(26)40(41,42)43/h3-16,23-24,30-34H,2,17-18H2,1H3,(H,44,47)(H,45,50)/t23-,24-,30+,31-,32+,33+,34-/m1/s1. The second kappa shape index (κ2) is 13.0. The minimum absolute atomic E-state index is 0.168. The van der Waals surface area contributed by atoms with E-state index in [0.29, 0.717) is 35.2 Å². The van der Waals surface area contributed by atoms with Crippen LogP contribution < -0.4 is 24.6 Å². The predicted molar refractivity (Wildman–Crippen MR) is 198 cm³/mol. The van der Waals surface area contributed by atoms with E-state index in [-0.39, 0.29) is 46.3 Å². The first-order valence-corrected chi connectivity index (χ1v) is 19.3. The maximum atomic E-state index is 14.1. The van der Waals surface area contributed by atoms with Gasteiger partial charge in [-0.15, -0.1) is 11.8 Å². The van der Waals surface area contributed by atoms with Crippen LogP contribution in [-0.4, -0.2) is 41.2 Å². The number of aromatic amines is 1. The molecule has 2 bridgehead atoms. The number of amides is 3. The van der Waals surface area contributed by atoms with Crippen molar-refractivity contribution in [2.75, 3.05) is 23.4 Å². The number of halogens is 3. The number of rotatable bonds is 8. The Balaban J connectivity index is 1.01. The lowest BCUT2D eigenvalue weighted by atomic mass is 9.68. The zero-order valence-corrected chi connectivity index (χ0v) is 30.2. The zero-order chi connectivity index (χ0) is 37.5. The number of hydrogen-bond donors (Lipinski definition) is 2. The van der Waals surface area contributed by atoms with Gasteiger partial charge in [-0.05, 0) is 83.8 Å². The fourth-order valence-corrected chi connectivity index (χ4v) is 12.1. The normalized spacial score (nSPS) is 25.4. The molecular weight excluding hydrogens is 740 g/mol. The molecule has 54 heavy (non-hydrogen) atoms. The summed E-state index contributed by atoms with van der Waals surface area (Å²) in [6.45, 7) is 1.85. The molecule has 14 heteroatoms. The molecule has 0 radical (unpaired) electrons. The number of aromatic nitrogens is 1. The lowest BCUT2D eigenvalue weighted by Crippen LogP contribution is -2.42. The molecule has 7 atom stereocenters. The van der Waals surface area contributed by atoms with Crippen molar-refractivity contribution < 1.29 is 37.0 Å². The van der Waals surface area contributed by atoms with Gasteiger partial charge >= 0.3 is 11.0 Å². The lowest BCUT2D eigenvalue weighted by molar-refractivity contribution is -0.137. The molecule has 2 aliphatic heterocycles. The third kappa shape index (κ3) is 5.60. The molecule has 9 rings (SSSR count). The number of fused-ring (bicyclic) bond motifs is 10. The van der Waals surface area contributed by atoms with E-state index in [1.54, 1.807) is 6.07 Å². The van der Waals surface area contributed by atoms with Gasteiger partial charge in [-0.3, -0.25) is 19.2 Å². The van der Waals surface area contributed by atoms with Crippen LogP contribution in [0.15, 0.2) is 94.7 Å². The number of ether oxygens (including phenoxy) is 2. The van der Waals surface area contributed by atoms with Crippen LogP contribution in [0.2, 0.25) is 0 Å². The number of benzene rings is 4. The van der Waals surface area contributed by atoms with Gasteiger partial charge in [0, 0.05) is 21.7 Å². The lowest BCUT2D eigenvalue weighted by Gasteiger charge is -2.43. The molecule has 276 valence electrons. The van der Waals surface area contributed by atoms with E-state index in [9.17, 15) is 32.3 Å².